The second-order valence-corrected chi connectivity index (χ2v) is 7.75. The van der Waals surface area contributed by atoms with Gasteiger partial charge in [0.1, 0.15) is 11.4 Å². The van der Waals surface area contributed by atoms with Crippen LogP contribution < -0.4 is 0 Å². The van der Waals surface area contributed by atoms with E-state index in [1.165, 1.54) is 11.1 Å². The number of benzene rings is 3. The average molecular weight is 381 g/mol. The normalized spacial score (nSPS) is 15.4. The van der Waals surface area contributed by atoms with Crippen molar-refractivity contribution in [2.75, 3.05) is 0 Å². The molecule has 1 nitrogen and oxygen atoms in total. The Hall–Kier alpha value is -2.22. The van der Waals surface area contributed by atoms with E-state index in [2.05, 4.69) is 38.1 Å². The minimum absolute atomic E-state index is 0.429. The molecule has 0 unspecified atom stereocenters. The van der Waals surface area contributed by atoms with Crippen LogP contribution in [0.5, 0.6) is 0 Å². The van der Waals surface area contributed by atoms with Gasteiger partial charge < -0.3 is 4.74 Å². The molecular formula is C23H18Cl2O. The second kappa shape index (κ2) is 6.50. The van der Waals surface area contributed by atoms with Crippen molar-refractivity contribution >= 4 is 34.5 Å². The minimum atomic E-state index is -0.429. The van der Waals surface area contributed by atoms with Crippen LogP contribution in [0, 0.1) is 0 Å². The maximum absolute atomic E-state index is 6.53. The van der Waals surface area contributed by atoms with E-state index in [4.69, 9.17) is 27.9 Å². The maximum Gasteiger partial charge on any atom is 0.136 e. The molecule has 0 aliphatic carbocycles. The topological polar surface area (TPSA) is 9.23 Å². The highest BCUT2D eigenvalue weighted by Crippen LogP contribution is 2.46. The average Bonchev–Trinajstić information content (AvgIpc) is 2.63. The third kappa shape index (κ3) is 3.02. The second-order valence-electron chi connectivity index (χ2n) is 6.88. The van der Waals surface area contributed by atoms with E-state index in [1.54, 1.807) is 0 Å². The number of halogens is 2. The first-order valence-electron chi connectivity index (χ1n) is 8.51. The molecular weight excluding hydrogens is 363 g/mol. The number of rotatable bonds is 2. The molecule has 0 saturated heterocycles. The summed E-state index contributed by atoms with van der Waals surface area (Å²) < 4.78 is 6.53. The standard InChI is InChI=1S/C23H18Cl2O/c1-23(2)20-6-4-3-5-19(20)21(15-7-11-17(24)12-8-15)22(26-23)16-9-13-18(25)14-10-16/h3-14H,1-2H3. The molecule has 1 aliphatic rings. The Kier molecular flexibility index (Phi) is 4.30. The summed E-state index contributed by atoms with van der Waals surface area (Å²) in [7, 11) is 0. The van der Waals surface area contributed by atoms with Crippen LogP contribution in [0.2, 0.25) is 10.0 Å². The van der Waals surface area contributed by atoms with Gasteiger partial charge in [-0.3, -0.25) is 0 Å². The van der Waals surface area contributed by atoms with Crippen LogP contribution in [-0.4, -0.2) is 0 Å². The molecule has 0 N–H and O–H groups in total. The van der Waals surface area contributed by atoms with Gasteiger partial charge in [-0.1, -0.05) is 59.6 Å². The van der Waals surface area contributed by atoms with Gasteiger partial charge in [-0.2, -0.15) is 0 Å². The lowest BCUT2D eigenvalue weighted by molar-refractivity contribution is 0.0721. The summed E-state index contributed by atoms with van der Waals surface area (Å²) in [5, 5.41) is 1.42. The highest BCUT2D eigenvalue weighted by molar-refractivity contribution is 6.31. The Morgan fingerprint density at radius 2 is 1.23 bits per heavy atom. The SMILES string of the molecule is CC1(C)OC(c2ccc(Cl)cc2)=C(c2ccc(Cl)cc2)c2ccccc21. The Balaban J connectivity index is 2.03. The molecule has 4 rings (SSSR count). The first-order chi connectivity index (χ1) is 12.5. The van der Waals surface area contributed by atoms with Crippen LogP contribution >= 0.6 is 23.2 Å². The highest BCUT2D eigenvalue weighted by atomic mass is 35.5. The smallest absolute Gasteiger partial charge is 0.136 e. The predicted molar refractivity (Wildman–Crippen MR) is 109 cm³/mol. The van der Waals surface area contributed by atoms with Crippen molar-refractivity contribution in [3.63, 3.8) is 0 Å². The molecule has 0 saturated carbocycles. The summed E-state index contributed by atoms with van der Waals surface area (Å²) >= 11 is 12.2. The van der Waals surface area contributed by atoms with Crippen molar-refractivity contribution < 1.29 is 4.74 Å². The molecule has 0 radical (unpaired) electrons. The van der Waals surface area contributed by atoms with Gasteiger partial charge >= 0.3 is 0 Å². The molecule has 130 valence electrons. The fraction of sp³-hybridized carbons (Fsp3) is 0.130. The molecule has 0 aromatic heterocycles. The fourth-order valence-corrected chi connectivity index (χ4v) is 3.67. The fourth-order valence-electron chi connectivity index (χ4n) is 3.42. The van der Waals surface area contributed by atoms with Crippen LogP contribution in [0.3, 0.4) is 0 Å². The lowest BCUT2D eigenvalue weighted by atomic mass is 9.82. The summed E-state index contributed by atoms with van der Waals surface area (Å²) in [5.41, 5.74) is 5.06. The van der Waals surface area contributed by atoms with E-state index in [1.807, 2.05) is 48.5 Å². The van der Waals surface area contributed by atoms with E-state index in [0.29, 0.717) is 10.0 Å². The van der Waals surface area contributed by atoms with Crippen molar-refractivity contribution in [3.8, 4) is 0 Å². The number of hydrogen-bond donors (Lipinski definition) is 0. The maximum atomic E-state index is 6.53. The van der Waals surface area contributed by atoms with Crippen molar-refractivity contribution in [2.24, 2.45) is 0 Å². The molecule has 0 amide bonds. The lowest BCUT2D eigenvalue weighted by Crippen LogP contribution is -2.27. The van der Waals surface area contributed by atoms with Crippen LogP contribution in [0.25, 0.3) is 11.3 Å². The third-order valence-electron chi connectivity index (χ3n) is 4.67. The zero-order valence-corrected chi connectivity index (χ0v) is 16.1. The van der Waals surface area contributed by atoms with E-state index < -0.39 is 5.60 Å². The van der Waals surface area contributed by atoms with Gasteiger partial charge in [0.25, 0.3) is 0 Å². The number of ether oxygens (including phenoxy) is 1. The van der Waals surface area contributed by atoms with Gasteiger partial charge in [-0.15, -0.1) is 0 Å². The Morgan fingerprint density at radius 3 is 1.85 bits per heavy atom. The van der Waals surface area contributed by atoms with Crippen LogP contribution in [0.1, 0.15) is 36.1 Å². The van der Waals surface area contributed by atoms with Crippen molar-refractivity contribution in [1.29, 1.82) is 0 Å². The van der Waals surface area contributed by atoms with Crippen molar-refractivity contribution in [2.45, 2.75) is 19.4 Å². The molecule has 1 aliphatic heterocycles. The molecule has 0 bridgehead atoms. The minimum Gasteiger partial charge on any atom is -0.482 e. The van der Waals surface area contributed by atoms with Gasteiger partial charge in [0.2, 0.25) is 0 Å². The quantitative estimate of drug-likeness (QED) is 0.457. The first kappa shape index (κ1) is 17.2. The highest BCUT2D eigenvalue weighted by Gasteiger charge is 2.34. The predicted octanol–water partition coefficient (Wildman–Crippen LogP) is 7.18. The van der Waals surface area contributed by atoms with Crippen molar-refractivity contribution in [1.82, 2.24) is 0 Å². The molecule has 3 heteroatoms. The molecule has 3 aromatic rings. The monoisotopic (exact) mass is 380 g/mol. The molecule has 26 heavy (non-hydrogen) atoms. The summed E-state index contributed by atoms with van der Waals surface area (Å²) in [6.45, 7) is 4.20. The Morgan fingerprint density at radius 1 is 0.692 bits per heavy atom. The third-order valence-corrected chi connectivity index (χ3v) is 5.17. The lowest BCUT2D eigenvalue weighted by Gasteiger charge is -2.37. The molecule has 1 heterocycles. The zero-order chi connectivity index (χ0) is 18.3. The van der Waals surface area contributed by atoms with Crippen molar-refractivity contribution in [3.05, 3.63) is 105 Å². The van der Waals surface area contributed by atoms with E-state index in [0.717, 1.165) is 22.5 Å². The van der Waals surface area contributed by atoms with Gasteiger partial charge in [-0.25, -0.2) is 0 Å². The van der Waals surface area contributed by atoms with Crippen LogP contribution in [-0.2, 0) is 10.3 Å². The van der Waals surface area contributed by atoms with Crippen LogP contribution in [0.4, 0.5) is 0 Å². The van der Waals surface area contributed by atoms with Crippen LogP contribution in [0.15, 0.2) is 72.8 Å². The van der Waals surface area contributed by atoms with E-state index in [-0.39, 0.29) is 0 Å². The molecule has 3 aromatic carbocycles. The molecule has 0 spiro atoms. The summed E-state index contributed by atoms with van der Waals surface area (Å²) in [5.74, 6) is 0.854. The Bertz CT molecular complexity index is 983. The van der Waals surface area contributed by atoms with Gasteiger partial charge in [0.05, 0.1) is 0 Å². The number of hydrogen-bond acceptors (Lipinski definition) is 1. The summed E-state index contributed by atoms with van der Waals surface area (Å²) in [4.78, 5) is 0. The molecule has 0 atom stereocenters. The van der Waals surface area contributed by atoms with E-state index >= 15 is 0 Å². The number of fused-ring (bicyclic) bond motifs is 1. The largest absolute Gasteiger partial charge is 0.482 e. The summed E-state index contributed by atoms with van der Waals surface area (Å²) in [6.07, 6.45) is 0. The zero-order valence-electron chi connectivity index (χ0n) is 14.6. The van der Waals surface area contributed by atoms with E-state index in [9.17, 15) is 0 Å². The molecule has 0 fully saturated rings. The van der Waals surface area contributed by atoms with Gasteiger partial charge in [0, 0.05) is 26.7 Å². The first-order valence-corrected chi connectivity index (χ1v) is 9.26. The van der Waals surface area contributed by atoms with Gasteiger partial charge in [0.15, 0.2) is 0 Å². The Labute approximate surface area is 163 Å². The van der Waals surface area contributed by atoms with Gasteiger partial charge in [-0.05, 0) is 61.4 Å². The summed E-state index contributed by atoms with van der Waals surface area (Å²) in [6, 6.07) is 24.1.